The zero-order chi connectivity index (χ0) is 26.6. The Kier molecular flexibility index (Phi) is 7.29. The molecule has 2 aromatic heterocycles. The molecule has 0 saturated carbocycles. The van der Waals surface area contributed by atoms with Crippen molar-refractivity contribution in [1.29, 1.82) is 0 Å². The Balaban J connectivity index is 1.54. The van der Waals surface area contributed by atoms with Crippen molar-refractivity contribution < 1.29 is 13.9 Å². The fourth-order valence-corrected chi connectivity index (χ4v) is 4.33. The summed E-state index contributed by atoms with van der Waals surface area (Å²) in [5, 5.41) is 11.1. The topological polar surface area (TPSA) is 123 Å². The molecular formula is C27H29FN8O2. The molecule has 4 aromatic rings. The van der Waals surface area contributed by atoms with Crippen LogP contribution in [0, 0.1) is 5.82 Å². The van der Waals surface area contributed by atoms with Crippen molar-refractivity contribution in [1.82, 2.24) is 19.7 Å². The molecule has 1 fully saturated rings. The number of ether oxygens (including phenoxy) is 1. The number of carbonyl (C=O) groups is 1. The van der Waals surface area contributed by atoms with E-state index in [1.807, 2.05) is 24.0 Å². The van der Waals surface area contributed by atoms with E-state index in [2.05, 4.69) is 27.3 Å². The summed E-state index contributed by atoms with van der Waals surface area (Å²) in [6, 6.07) is 12.2. The summed E-state index contributed by atoms with van der Waals surface area (Å²) in [7, 11) is 0. The van der Waals surface area contributed by atoms with E-state index >= 15 is 4.39 Å². The molecule has 11 heteroatoms. The molecule has 1 unspecified atom stereocenters. The van der Waals surface area contributed by atoms with E-state index in [1.54, 1.807) is 35.1 Å². The van der Waals surface area contributed by atoms with Crippen molar-refractivity contribution in [2.45, 2.75) is 19.5 Å². The van der Waals surface area contributed by atoms with Gasteiger partial charge in [-0.2, -0.15) is 10.1 Å². The maximum Gasteiger partial charge on any atom is 0.247 e. The lowest BCUT2D eigenvalue weighted by Gasteiger charge is -2.29. The number of rotatable bonds is 8. The van der Waals surface area contributed by atoms with Gasteiger partial charge in [0, 0.05) is 30.0 Å². The van der Waals surface area contributed by atoms with Crippen LogP contribution in [0.4, 0.5) is 27.4 Å². The van der Waals surface area contributed by atoms with Crippen LogP contribution in [0.5, 0.6) is 0 Å². The van der Waals surface area contributed by atoms with Gasteiger partial charge in [0.15, 0.2) is 5.65 Å². The van der Waals surface area contributed by atoms with Crippen LogP contribution in [0.3, 0.4) is 0 Å². The number of hydrogen-bond acceptors (Lipinski definition) is 8. The molecule has 196 valence electrons. The van der Waals surface area contributed by atoms with Gasteiger partial charge >= 0.3 is 0 Å². The number of anilines is 4. The molecular weight excluding hydrogens is 487 g/mol. The average molecular weight is 517 g/mol. The van der Waals surface area contributed by atoms with Crippen LogP contribution in [0.25, 0.3) is 22.3 Å². The molecule has 1 amide bonds. The highest BCUT2D eigenvalue weighted by Crippen LogP contribution is 2.31. The monoisotopic (exact) mass is 516 g/mol. The molecule has 0 radical (unpaired) electrons. The molecule has 5 rings (SSSR count). The first-order valence-corrected chi connectivity index (χ1v) is 12.4. The number of nitrogens with zero attached hydrogens (tertiary/aromatic N) is 5. The molecule has 2 aromatic carbocycles. The van der Waals surface area contributed by atoms with Gasteiger partial charge in [-0.05, 0) is 42.8 Å². The number of nitrogens with two attached hydrogens (primary N) is 1. The summed E-state index contributed by atoms with van der Waals surface area (Å²) in [4.78, 5) is 23.2. The Morgan fingerprint density at radius 2 is 2.03 bits per heavy atom. The third-order valence-electron chi connectivity index (χ3n) is 6.33. The minimum Gasteiger partial charge on any atom is -0.378 e. The number of carbonyl (C=O) groups excluding carboxylic acids is 1. The van der Waals surface area contributed by atoms with Gasteiger partial charge in [-0.25, -0.2) is 14.1 Å². The predicted octanol–water partition coefficient (Wildman–Crippen LogP) is 4.20. The van der Waals surface area contributed by atoms with Crippen LogP contribution in [0.1, 0.15) is 19.5 Å². The Labute approximate surface area is 219 Å². The summed E-state index contributed by atoms with van der Waals surface area (Å²) in [6.07, 6.45) is 3.15. The van der Waals surface area contributed by atoms with Gasteiger partial charge in [0.2, 0.25) is 11.9 Å². The molecule has 1 atom stereocenters. The number of hydrogen-bond donors (Lipinski definition) is 3. The number of benzene rings is 2. The minimum atomic E-state index is -0.383. The fraction of sp³-hybridized carbons (Fsp3) is 0.259. The molecule has 0 bridgehead atoms. The molecule has 3 heterocycles. The van der Waals surface area contributed by atoms with E-state index in [-0.39, 0.29) is 23.8 Å². The Morgan fingerprint density at radius 1 is 1.21 bits per heavy atom. The van der Waals surface area contributed by atoms with Gasteiger partial charge in [-0.1, -0.05) is 25.6 Å². The van der Waals surface area contributed by atoms with Crippen LogP contribution in [0.2, 0.25) is 0 Å². The normalized spacial score (nSPS) is 14.3. The first-order valence-electron chi connectivity index (χ1n) is 12.4. The second-order valence-electron chi connectivity index (χ2n) is 8.86. The molecule has 0 aliphatic carbocycles. The van der Waals surface area contributed by atoms with Crippen molar-refractivity contribution in [2.24, 2.45) is 5.73 Å². The maximum atomic E-state index is 15.0. The molecule has 38 heavy (non-hydrogen) atoms. The van der Waals surface area contributed by atoms with Crippen molar-refractivity contribution in [3.63, 3.8) is 0 Å². The Hall–Kier alpha value is -4.35. The quantitative estimate of drug-likeness (QED) is 0.298. The second kappa shape index (κ2) is 11.0. The number of morpholine rings is 1. The molecule has 10 nitrogen and oxygen atoms in total. The van der Waals surface area contributed by atoms with E-state index in [1.165, 1.54) is 12.1 Å². The van der Waals surface area contributed by atoms with Crippen molar-refractivity contribution >= 4 is 40.0 Å². The van der Waals surface area contributed by atoms with Gasteiger partial charge in [-0.15, -0.1) is 0 Å². The maximum absolute atomic E-state index is 15.0. The highest BCUT2D eigenvalue weighted by atomic mass is 19.1. The zero-order valence-corrected chi connectivity index (χ0v) is 21.0. The van der Waals surface area contributed by atoms with Gasteiger partial charge < -0.3 is 26.0 Å². The zero-order valence-electron chi connectivity index (χ0n) is 21.0. The van der Waals surface area contributed by atoms with E-state index in [0.29, 0.717) is 66.5 Å². The van der Waals surface area contributed by atoms with Gasteiger partial charge in [-0.3, -0.25) is 4.79 Å². The molecule has 1 aliphatic rings. The van der Waals surface area contributed by atoms with Crippen LogP contribution in [-0.2, 0) is 9.53 Å². The summed E-state index contributed by atoms with van der Waals surface area (Å²) in [6.45, 7) is 7.88. The highest BCUT2D eigenvalue weighted by Gasteiger charge is 2.19. The largest absolute Gasteiger partial charge is 0.378 e. The molecule has 1 aliphatic heterocycles. The lowest BCUT2D eigenvalue weighted by molar-refractivity contribution is -0.111. The van der Waals surface area contributed by atoms with Crippen LogP contribution >= 0.6 is 0 Å². The molecule has 4 N–H and O–H groups in total. The van der Waals surface area contributed by atoms with Crippen LogP contribution in [-0.4, -0.2) is 52.0 Å². The van der Waals surface area contributed by atoms with E-state index < -0.39 is 0 Å². The summed E-state index contributed by atoms with van der Waals surface area (Å²) >= 11 is 0. The van der Waals surface area contributed by atoms with Crippen molar-refractivity contribution in [2.75, 3.05) is 41.8 Å². The van der Waals surface area contributed by atoms with Gasteiger partial charge in [0.1, 0.15) is 12.0 Å². The smallest absolute Gasteiger partial charge is 0.247 e. The number of nitrogens with one attached hydrogen (secondary N) is 2. The third kappa shape index (κ3) is 5.20. The molecule has 1 saturated heterocycles. The summed E-state index contributed by atoms with van der Waals surface area (Å²) in [5.41, 5.74) is 9.79. The average Bonchev–Trinajstić information content (AvgIpc) is 3.37. The first kappa shape index (κ1) is 25.3. The highest BCUT2D eigenvalue weighted by molar-refractivity contribution is 6.00. The van der Waals surface area contributed by atoms with E-state index in [9.17, 15) is 4.79 Å². The Bertz CT molecular complexity index is 1480. The molecule has 0 spiro atoms. The summed E-state index contributed by atoms with van der Waals surface area (Å²) in [5.74, 6) is -0.403. The first-order chi connectivity index (χ1) is 18.5. The lowest BCUT2D eigenvalue weighted by atomic mass is 10.1. The number of amides is 1. The minimum absolute atomic E-state index is 0.261. The predicted molar refractivity (Wildman–Crippen MR) is 146 cm³/mol. The summed E-state index contributed by atoms with van der Waals surface area (Å²) < 4.78 is 22.1. The van der Waals surface area contributed by atoms with Gasteiger partial charge in [0.25, 0.3) is 0 Å². The SMILES string of the molecule is C=CC(=O)Nc1cccc(-c2nc(Nc3ccc(N4CCOCC4)c(F)c3)nc3c2cnn3C(N)CC)c1. The third-order valence-corrected chi connectivity index (χ3v) is 6.33. The van der Waals surface area contributed by atoms with Crippen molar-refractivity contribution in [3.8, 4) is 11.3 Å². The lowest BCUT2D eigenvalue weighted by Crippen LogP contribution is -2.36. The number of aromatic nitrogens is 4. The second-order valence-corrected chi connectivity index (χ2v) is 8.86. The van der Waals surface area contributed by atoms with Gasteiger partial charge in [0.05, 0.1) is 36.2 Å². The number of halogens is 1. The number of fused-ring (bicyclic) bond motifs is 1. The van der Waals surface area contributed by atoms with Crippen molar-refractivity contribution in [3.05, 3.63) is 67.1 Å². The van der Waals surface area contributed by atoms with E-state index in [4.69, 9.17) is 15.5 Å². The fourth-order valence-electron chi connectivity index (χ4n) is 4.33. The van der Waals surface area contributed by atoms with Crippen LogP contribution in [0.15, 0.2) is 61.3 Å². The Morgan fingerprint density at radius 3 is 2.76 bits per heavy atom. The van der Waals surface area contributed by atoms with E-state index in [0.717, 1.165) is 5.56 Å². The standard InChI is InChI=1S/C27H29FN8O2/c1-3-23(29)36-26-20(16-30-36)25(17-6-5-7-18(14-17)31-24(37)4-2)33-27(34-26)32-19-8-9-22(21(28)15-19)35-10-12-38-13-11-35/h4-9,14-16,23H,2-3,10-13,29H2,1H3,(H,31,37)(H,32,33,34). The van der Waals surface area contributed by atoms with Crippen LogP contribution < -0.4 is 21.3 Å².